The first-order chi connectivity index (χ1) is 11.3. The molecule has 25 heavy (non-hydrogen) atoms. The Morgan fingerprint density at radius 1 is 1.28 bits per heavy atom. The number of carbonyl (C=O) groups is 1. The van der Waals surface area contributed by atoms with Crippen LogP contribution in [0.25, 0.3) is 0 Å². The maximum Gasteiger partial charge on any atom is 0.416 e. The summed E-state index contributed by atoms with van der Waals surface area (Å²) in [6.45, 7) is 4.47. The fourth-order valence-electron chi connectivity index (χ4n) is 3.21. The molecule has 140 valence electrons. The van der Waals surface area contributed by atoms with Gasteiger partial charge in [-0.1, -0.05) is 18.9 Å². The SMILES string of the molecule is C=CCN(C)C1CCCCC1NC(=O)c1ccc(C(F)(F)F)cc1.Cl. The Balaban J connectivity index is 0.00000312. The van der Waals surface area contributed by atoms with Crippen LogP contribution in [0.5, 0.6) is 0 Å². The molecule has 1 aromatic rings. The standard InChI is InChI=1S/C18H23F3N2O.ClH/c1-3-12-23(2)16-7-5-4-6-15(16)22-17(24)13-8-10-14(11-9-13)18(19,20)21;/h3,8-11,15-16H,1,4-7,12H2,2H3,(H,22,24);1H. The summed E-state index contributed by atoms with van der Waals surface area (Å²) in [6, 6.07) is 4.55. The van der Waals surface area contributed by atoms with E-state index in [-0.39, 0.29) is 36.0 Å². The van der Waals surface area contributed by atoms with Crippen LogP contribution < -0.4 is 5.32 Å². The van der Waals surface area contributed by atoms with Crippen molar-refractivity contribution in [2.75, 3.05) is 13.6 Å². The van der Waals surface area contributed by atoms with E-state index < -0.39 is 11.7 Å². The molecule has 0 heterocycles. The topological polar surface area (TPSA) is 32.3 Å². The largest absolute Gasteiger partial charge is 0.416 e. The van der Waals surface area contributed by atoms with Crippen LogP contribution in [0.3, 0.4) is 0 Å². The highest BCUT2D eigenvalue weighted by molar-refractivity contribution is 5.94. The highest BCUT2D eigenvalue weighted by Crippen LogP contribution is 2.29. The summed E-state index contributed by atoms with van der Waals surface area (Å²) in [6.07, 6.45) is 1.44. The van der Waals surface area contributed by atoms with Crippen molar-refractivity contribution in [3.63, 3.8) is 0 Å². The Labute approximate surface area is 152 Å². The number of nitrogens with one attached hydrogen (secondary N) is 1. The number of alkyl halides is 3. The molecule has 0 aliphatic heterocycles. The first kappa shape index (κ1) is 21.5. The normalized spacial score (nSPS) is 20.7. The lowest BCUT2D eigenvalue weighted by molar-refractivity contribution is -0.137. The van der Waals surface area contributed by atoms with Gasteiger partial charge in [0, 0.05) is 24.2 Å². The third kappa shape index (κ3) is 5.75. The average molecular weight is 377 g/mol. The maximum absolute atomic E-state index is 12.6. The second-order valence-corrected chi connectivity index (χ2v) is 6.24. The number of halogens is 4. The molecule has 7 heteroatoms. The summed E-state index contributed by atoms with van der Waals surface area (Å²) in [4.78, 5) is 14.5. The lowest BCUT2D eigenvalue weighted by Crippen LogP contribution is -2.52. The summed E-state index contributed by atoms with van der Waals surface area (Å²) >= 11 is 0. The van der Waals surface area contributed by atoms with Crippen molar-refractivity contribution in [2.24, 2.45) is 0 Å². The Bertz CT molecular complexity index is 575. The van der Waals surface area contributed by atoms with Crippen molar-refractivity contribution in [1.29, 1.82) is 0 Å². The molecule has 1 fully saturated rings. The van der Waals surface area contributed by atoms with Crippen molar-refractivity contribution >= 4 is 18.3 Å². The zero-order chi connectivity index (χ0) is 17.7. The Kier molecular flexibility index (Phi) is 7.96. The second-order valence-electron chi connectivity index (χ2n) is 6.24. The molecule has 0 radical (unpaired) electrons. The Morgan fingerprint density at radius 2 is 1.88 bits per heavy atom. The van der Waals surface area contributed by atoms with Crippen LogP contribution in [0.4, 0.5) is 13.2 Å². The van der Waals surface area contributed by atoms with Gasteiger partial charge in [-0.25, -0.2) is 0 Å². The summed E-state index contributed by atoms with van der Waals surface area (Å²) < 4.78 is 37.8. The number of hydrogen-bond acceptors (Lipinski definition) is 2. The molecule has 0 saturated heterocycles. The van der Waals surface area contributed by atoms with Crippen molar-refractivity contribution in [2.45, 2.75) is 43.9 Å². The fourth-order valence-corrected chi connectivity index (χ4v) is 3.21. The highest BCUT2D eigenvalue weighted by Gasteiger charge is 2.31. The van der Waals surface area contributed by atoms with Gasteiger partial charge in [-0.2, -0.15) is 13.2 Å². The van der Waals surface area contributed by atoms with Crippen LogP contribution in [-0.4, -0.2) is 36.5 Å². The minimum atomic E-state index is -4.39. The van der Waals surface area contributed by atoms with E-state index in [4.69, 9.17) is 0 Å². The van der Waals surface area contributed by atoms with Crippen LogP contribution in [0, 0.1) is 0 Å². The van der Waals surface area contributed by atoms with Gasteiger partial charge in [-0.3, -0.25) is 9.69 Å². The minimum Gasteiger partial charge on any atom is -0.348 e. The quantitative estimate of drug-likeness (QED) is 0.778. The van der Waals surface area contributed by atoms with Crippen molar-refractivity contribution in [3.8, 4) is 0 Å². The lowest BCUT2D eigenvalue weighted by Gasteiger charge is -2.38. The summed E-state index contributed by atoms with van der Waals surface area (Å²) in [5.41, 5.74) is -0.501. The minimum absolute atomic E-state index is 0. The van der Waals surface area contributed by atoms with E-state index in [0.717, 1.165) is 44.4 Å². The molecule has 2 rings (SSSR count). The monoisotopic (exact) mass is 376 g/mol. The first-order valence-electron chi connectivity index (χ1n) is 8.12. The molecule has 0 spiro atoms. The number of rotatable bonds is 5. The van der Waals surface area contributed by atoms with Gasteiger partial charge in [0.2, 0.25) is 0 Å². The van der Waals surface area contributed by atoms with Crippen molar-refractivity contribution < 1.29 is 18.0 Å². The van der Waals surface area contributed by atoms with Gasteiger partial charge >= 0.3 is 6.18 Å². The van der Waals surface area contributed by atoms with Gasteiger partial charge in [-0.15, -0.1) is 19.0 Å². The molecular weight excluding hydrogens is 353 g/mol. The Morgan fingerprint density at radius 3 is 2.44 bits per heavy atom. The van der Waals surface area contributed by atoms with E-state index in [1.165, 1.54) is 12.1 Å². The van der Waals surface area contributed by atoms with Gasteiger partial charge < -0.3 is 5.32 Å². The van der Waals surface area contributed by atoms with E-state index in [1.54, 1.807) is 0 Å². The molecule has 2 unspecified atom stereocenters. The van der Waals surface area contributed by atoms with Crippen LogP contribution in [0.15, 0.2) is 36.9 Å². The Hall–Kier alpha value is -1.53. The third-order valence-corrected chi connectivity index (χ3v) is 4.50. The third-order valence-electron chi connectivity index (χ3n) is 4.50. The second kappa shape index (κ2) is 9.25. The van der Waals surface area contributed by atoms with E-state index >= 15 is 0 Å². The van der Waals surface area contributed by atoms with Crippen LogP contribution in [0.1, 0.15) is 41.6 Å². The maximum atomic E-state index is 12.6. The van der Waals surface area contributed by atoms with Crippen LogP contribution in [0.2, 0.25) is 0 Å². The molecule has 1 aliphatic rings. The number of nitrogens with zero attached hydrogens (tertiary/aromatic N) is 1. The van der Waals surface area contributed by atoms with Gasteiger partial charge in [0.15, 0.2) is 0 Å². The average Bonchev–Trinajstić information content (AvgIpc) is 2.55. The van der Waals surface area contributed by atoms with Crippen molar-refractivity contribution in [1.82, 2.24) is 10.2 Å². The lowest BCUT2D eigenvalue weighted by atomic mass is 9.89. The highest BCUT2D eigenvalue weighted by atomic mass is 35.5. The molecule has 1 N–H and O–H groups in total. The van der Waals surface area contributed by atoms with Crippen LogP contribution >= 0.6 is 12.4 Å². The zero-order valence-corrected chi connectivity index (χ0v) is 15.0. The zero-order valence-electron chi connectivity index (χ0n) is 14.2. The van der Waals surface area contributed by atoms with E-state index in [0.29, 0.717) is 0 Å². The molecular formula is C18H24ClF3N2O. The molecule has 1 aromatic carbocycles. The number of benzene rings is 1. The molecule has 2 atom stereocenters. The molecule has 3 nitrogen and oxygen atoms in total. The number of hydrogen-bond donors (Lipinski definition) is 1. The first-order valence-corrected chi connectivity index (χ1v) is 8.12. The molecule has 1 aliphatic carbocycles. The smallest absolute Gasteiger partial charge is 0.348 e. The molecule has 1 saturated carbocycles. The van der Waals surface area contributed by atoms with E-state index in [2.05, 4.69) is 16.8 Å². The number of amides is 1. The van der Waals surface area contributed by atoms with Gasteiger partial charge in [0.1, 0.15) is 0 Å². The van der Waals surface area contributed by atoms with Crippen molar-refractivity contribution in [3.05, 3.63) is 48.0 Å². The molecule has 1 amide bonds. The van der Waals surface area contributed by atoms with Gasteiger partial charge in [0.25, 0.3) is 5.91 Å². The van der Waals surface area contributed by atoms with E-state index in [1.807, 2.05) is 13.1 Å². The molecule has 0 aromatic heterocycles. The summed E-state index contributed by atoms with van der Waals surface area (Å²) in [5, 5.41) is 2.99. The molecule has 0 bridgehead atoms. The number of likely N-dealkylation sites (N-methyl/N-ethyl adjacent to an activating group) is 1. The summed E-state index contributed by atoms with van der Waals surface area (Å²) in [5.74, 6) is -0.326. The fraction of sp³-hybridized carbons (Fsp3) is 0.500. The van der Waals surface area contributed by atoms with Gasteiger partial charge in [0.05, 0.1) is 5.56 Å². The van der Waals surface area contributed by atoms with E-state index in [9.17, 15) is 18.0 Å². The van der Waals surface area contributed by atoms with Gasteiger partial charge in [-0.05, 0) is 44.2 Å². The number of carbonyl (C=O) groups excluding carboxylic acids is 1. The predicted molar refractivity (Wildman–Crippen MR) is 95.0 cm³/mol. The predicted octanol–water partition coefficient (Wildman–Crippen LogP) is 4.29. The van der Waals surface area contributed by atoms with Crippen LogP contribution in [-0.2, 0) is 6.18 Å². The summed E-state index contributed by atoms with van der Waals surface area (Å²) in [7, 11) is 1.99.